The highest BCUT2D eigenvalue weighted by Gasteiger charge is 2.16. The Labute approximate surface area is 96.7 Å². The van der Waals surface area contributed by atoms with Gasteiger partial charge in [-0.3, -0.25) is 9.78 Å². The summed E-state index contributed by atoms with van der Waals surface area (Å²) < 4.78 is 5.40. The monoisotopic (exact) mass is 231 g/mol. The summed E-state index contributed by atoms with van der Waals surface area (Å²) in [6.07, 6.45) is 2.50. The number of thiazole rings is 1. The molecule has 0 fully saturated rings. The molecule has 0 unspecified atom stereocenters. The lowest BCUT2D eigenvalue weighted by Gasteiger charge is -2.01. The Balaban J connectivity index is 1.99. The van der Waals surface area contributed by atoms with Crippen LogP contribution in [0.1, 0.15) is 20.8 Å². The Morgan fingerprint density at radius 1 is 1.44 bits per heavy atom. The maximum absolute atomic E-state index is 12.0. The van der Waals surface area contributed by atoms with Crippen molar-refractivity contribution in [2.75, 3.05) is 6.61 Å². The average molecular weight is 231 g/mol. The molecule has 3 rings (SSSR count). The first-order chi connectivity index (χ1) is 7.84. The molecule has 2 heterocycles. The Bertz CT molecular complexity index is 534. The van der Waals surface area contributed by atoms with Crippen LogP contribution in [0.15, 0.2) is 29.9 Å². The molecule has 0 N–H and O–H groups in total. The van der Waals surface area contributed by atoms with Crippen LogP contribution in [-0.4, -0.2) is 17.4 Å². The Morgan fingerprint density at radius 3 is 3.19 bits per heavy atom. The van der Waals surface area contributed by atoms with Crippen LogP contribution in [0.3, 0.4) is 0 Å². The lowest BCUT2D eigenvalue weighted by Crippen LogP contribution is -1.98. The van der Waals surface area contributed by atoms with Gasteiger partial charge in [0.25, 0.3) is 0 Å². The van der Waals surface area contributed by atoms with Gasteiger partial charge in [0.2, 0.25) is 5.78 Å². The molecule has 0 saturated carbocycles. The average Bonchev–Trinajstić information content (AvgIpc) is 2.98. The van der Waals surface area contributed by atoms with E-state index >= 15 is 0 Å². The number of ether oxygens (including phenoxy) is 1. The molecule has 80 valence electrons. The van der Waals surface area contributed by atoms with Crippen LogP contribution in [0, 0.1) is 0 Å². The molecule has 1 aliphatic rings. The van der Waals surface area contributed by atoms with Gasteiger partial charge in [0, 0.05) is 18.2 Å². The molecule has 0 atom stereocenters. The second-order valence-electron chi connectivity index (χ2n) is 3.62. The van der Waals surface area contributed by atoms with E-state index in [1.54, 1.807) is 11.7 Å². The maximum Gasteiger partial charge on any atom is 0.204 e. The van der Waals surface area contributed by atoms with Crippen molar-refractivity contribution in [2.45, 2.75) is 6.42 Å². The quantitative estimate of drug-likeness (QED) is 0.744. The second kappa shape index (κ2) is 3.72. The van der Waals surface area contributed by atoms with E-state index in [0.717, 1.165) is 17.7 Å². The van der Waals surface area contributed by atoms with Gasteiger partial charge in [-0.2, -0.15) is 0 Å². The third kappa shape index (κ3) is 1.51. The zero-order chi connectivity index (χ0) is 11.0. The Hall–Kier alpha value is -1.68. The van der Waals surface area contributed by atoms with Gasteiger partial charge in [-0.05, 0) is 23.8 Å². The molecule has 4 heteroatoms. The van der Waals surface area contributed by atoms with Gasteiger partial charge in [-0.1, -0.05) is 0 Å². The number of hydrogen-bond acceptors (Lipinski definition) is 4. The maximum atomic E-state index is 12.0. The van der Waals surface area contributed by atoms with E-state index < -0.39 is 0 Å². The third-order valence-electron chi connectivity index (χ3n) is 2.61. The minimum absolute atomic E-state index is 0.0391. The summed E-state index contributed by atoms with van der Waals surface area (Å²) in [5, 5.41) is 0. The molecule has 16 heavy (non-hydrogen) atoms. The van der Waals surface area contributed by atoms with Crippen molar-refractivity contribution in [3.8, 4) is 5.75 Å². The summed E-state index contributed by atoms with van der Waals surface area (Å²) in [4.78, 5) is 16.6. The molecule has 0 spiro atoms. The van der Waals surface area contributed by atoms with Crippen LogP contribution in [0.5, 0.6) is 5.75 Å². The fourth-order valence-corrected chi connectivity index (χ4v) is 2.38. The standard InChI is InChI=1S/C12H9NO2S/c14-12(11-6-13-7-16-11)9-1-2-10-8(5-9)3-4-15-10/h1-2,5-7H,3-4H2. The lowest BCUT2D eigenvalue weighted by atomic mass is 10.1. The second-order valence-corrected chi connectivity index (χ2v) is 4.50. The van der Waals surface area contributed by atoms with E-state index in [9.17, 15) is 4.79 Å². The summed E-state index contributed by atoms with van der Waals surface area (Å²) in [5.74, 6) is 0.943. The van der Waals surface area contributed by atoms with Crippen molar-refractivity contribution in [3.63, 3.8) is 0 Å². The van der Waals surface area contributed by atoms with Gasteiger partial charge in [0.1, 0.15) is 5.75 Å². The van der Waals surface area contributed by atoms with Gasteiger partial charge < -0.3 is 4.74 Å². The first-order valence-corrected chi connectivity index (χ1v) is 5.91. The Morgan fingerprint density at radius 2 is 2.38 bits per heavy atom. The SMILES string of the molecule is O=C(c1ccc2c(c1)CCO2)c1cncs1. The minimum Gasteiger partial charge on any atom is -0.493 e. The normalized spacial score (nSPS) is 13.2. The number of rotatable bonds is 2. The van der Waals surface area contributed by atoms with Crippen LogP contribution in [0.25, 0.3) is 0 Å². The first kappa shape index (κ1) is 9.54. The van der Waals surface area contributed by atoms with Crippen molar-refractivity contribution in [1.29, 1.82) is 0 Å². The van der Waals surface area contributed by atoms with Gasteiger partial charge in [-0.25, -0.2) is 0 Å². The molecule has 0 radical (unpaired) electrons. The molecule has 1 aliphatic heterocycles. The smallest absolute Gasteiger partial charge is 0.204 e. The van der Waals surface area contributed by atoms with Crippen molar-refractivity contribution in [1.82, 2.24) is 4.98 Å². The van der Waals surface area contributed by atoms with Crippen molar-refractivity contribution < 1.29 is 9.53 Å². The van der Waals surface area contributed by atoms with E-state index in [4.69, 9.17) is 4.74 Å². The number of carbonyl (C=O) groups is 1. The van der Waals surface area contributed by atoms with Crippen LogP contribution < -0.4 is 4.74 Å². The van der Waals surface area contributed by atoms with Gasteiger partial charge >= 0.3 is 0 Å². The predicted molar refractivity (Wildman–Crippen MR) is 61.2 cm³/mol. The number of ketones is 1. The highest BCUT2D eigenvalue weighted by molar-refractivity contribution is 7.11. The summed E-state index contributed by atoms with van der Waals surface area (Å²) in [7, 11) is 0. The minimum atomic E-state index is 0.0391. The topological polar surface area (TPSA) is 39.2 Å². The summed E-state index contributed by atoms with van der Waals surface area (Å²) in [6, 6.07) is 5.60. The van der Waals surface area contributed by atoms with Gasteiger partial charge in [0.05, 0.1) is 17.0 Å². The molecular formula is C12H9NO2S. The highest BCUT2D eigenvalue weighted by Crippen LogP contribution is 2.27. The summed E-state index contributed by atoms with van der Waals surface area (Å²) in [5.41, 5.74) is 3.51. The summed E-state index contributed by atoms with van der Waals surface area (Å²) in [6.45, 7) is 0.716. The number of fused-ring (bicyclic) bond motifs is 1. The van der Waals surface area contributed by atoms with Crippen molar-refractivity contribution in [2.24, 2.45) is 0 Å². The number of carbonyl (C=O) groups excluding carboxylic acids is 1. The number of nitrogens with zero attached hydrogens (tertiary/aromatic N) is 1. The van der Waals surface area contributed by atoms with E-state index in [1.165, 1.54) is 11.3 Å². The molecule has 2 aromatic rings. The number of hydrogen-bond donors (Lipinski definition) is 0. The van der Waals surface area contributed by atoms with Crippen molar-refractivity contribution in [3.05, 3.63) is 45.9 Å². The van der Waals surface area contributed by atoms with E-state index in [2.05, 4.69) is 4.98 Å². The highest BCUT2D eigenvalue weighted by atomic mass is 32.1. The molecule has 0 amide bonds. The molecular weight excluding hydrogens is 222 g/mol. The molecule has 3 nitrogen and oxygen atoms in total. The Kier molecular flexibility index (Phi) is 2.22. The molecule has 0 saturated heterocycles. The van der Waals surface area contributed by atoms with Crippen LogP contribution >= 0.6 is 11.3 Å². The van der Waals surface area contributed by atoms with Crippen LogP contribution in [0.4, 0.5) is 0 Å². The van der Waals surface area contributed by atoms with Crippen LogP contribution in [0.2, 0.25) is 0 Å². The van der Waals surface area contributed by atoms with Crippen LogP contribution in [-0.2, 0) is 6.42 Å². The zero-order valence-electron chi connectivity index (χ0n) is 8.47. The van der Waals surface area contributed by atoms with Gasteiger partial charge in [0.15, 0.2) is 0 Å². The largest absolute Gasteiger partial charge is 0.493 e. The molecule has 0 aliphatic carbocycles. The number of benzene rings is 1. The molecule has 1 aromatic heterocycles. The molecule has 1 aromatic carbocycles. The summed E-state index contributed by atoms with van der Waals surface area (Å²) >= 11 is 1.37. The van der Waals surface area contributed by atoms with Gasteiger partial charge in [-0.15, -0.1) is 11.3 Å². The lowest BCUT2D eigenvalue weighted by molar-refractivity contribution is 0.104. The zero-order valence-corrected chi connectivity index (χ0v) is 9.29. The molecule has 0 bridgehead atoms. The van der Waals surface area contributed by atoms with E-state index in [0.29, 0.717) is 17.0 Å². The van der Waals surface area contributed by atoms with E-state index in [1.807, 2.05) is 18.2 Å². The van der Waals surface area contributed by atoms with E-state index in [-0.39, 0.29) is 5.78 Å². The van der Waals surface area contributed by atoms with Crippen molar-refractivity contribution >= 4 is 17.1 Å². The third-order valence-corrected chi connectivity index (χ3v) is 3.38. The fraction of sp³-hybridized carbons (Fsp3) is 0.167. The fourth-order valence-electron chi connectivity index (χ4n) is 1.80. The predicted octanol–water partition coefficient (Wildman–Crippen LogP) is 2.31. The number of aromatic nitrogens is 1. The first-order valence-electron chi connectivity index (χ1n) is 5.03.